The maximum atomic E-state index is 12.9. The van der Waals surface area contributed by atoms with Gasteiger partial charge in [0.1, 0.15) is 5.75 Å². The monoisotopic (exact) mass is 456 g/mol. The SMILES string of the molecule is COc1ccc(-c2noc(CN3CCN(C(=O)c4cnc(-c5ccccc5)nc4)CC3)n2)cc1. The number of nitrogens with zero attached hydrogens (tertiary/aromatic N) is 6. The predicted molar refractivity (Wildman–Crippen MR) is 125 cm³/mol. The zero-order chi connectivity index (χ0) is 23.3. The lowest BCUT2D eigenvalue weighted by atomic mass is 10.2. The fourth-order valence-electron chi connectivity index (χ4n) is 3.83. The molecule has 2 aromatic carbocycles. The summed E-state index contributed by atoms with van der Waals surface area (Å²) in [5.41, 5.74) is 2.28. The Hall–Kier alpha value is -4.11. The Morgan fingerprint density at radius 1 is 0.912 bits per heavy atom. The highest BCUT2D eigenvalue weighted by molar-refractivity contribution is 5.93. The van der Waals surface area contributed by atoms with E-state index in [-0.39, 0.29) is 5.91 Å². The van der Waals surface area contributed by atoms with E-state index in [2.05, 4.69) is 25.0 Å². The molecular weight excluding hydrogens is 432 g/mol. The number of carbonyl (C=O) groups excluding carboxylic acids is 1. The molecule has 0 radical (unpaired) electrons. The van der Waals surface area contributed by atoms with Crippen molar-refractivity contribution in [2.24, 2.45) is 0 Å². The van der Waals surface area contributed by atoms with E-state index in [0.29, 0.717) is 42.7 Å². The molecule has 0 aliphatic carbocycles. The van der Waals surface area contributed by atoms with Crippen LogP contribution >= 0.6 is 0 Å². The molecule has 1 aliphatic heterocycles. The first-order valence-corrected chi connectivity index (χ1v) is 11.1. The number of carbonyl (C=O) groups is 1. The summed E-state index contributed by atoms with van der Waals surface area (Å²) in [7, 11) is 1.63. The third-order valence-corrected chi connectivity index (χ3v) is 5.77. The Morgan fingerprint density at radius 2 is 1.59 bits per heavy atom. The molecule has 0 N–H and O–H groups in total. The summed E-state index contributed by atoms with van der Waals surface area (Å²) < 4.78 is 10.6. The van der Waals surface area contributed by atoms with E-state index in [1.165, 1.54) is 0 Å². The van der Waals surface area contributed by atoms with Gasteiger partial charge in [0.25, 0.3) is 5.91 Å². The lowest BCUT2D eigenvalue weighted by Gasteiger charge is -2.33. The molecule has 0 unspecified atom stereocenters. The van der Waals surface area contributed by atoms with E-state index in [9.17, 15) is 4.79 Å². The molecule has 0 atom stereocenters. The Morgan fingerprint density at radius 3 is 2.26 bits per heavy atom. The van der Waals surface area contributed by atoms with Crippen LogP contribution < -0.4 is 4.74 Å². The Kier molecular flexibility index (Phi) is 6.26. The van der Waals surface area contributed by atoms with E-state index < -0.39 is 0 Å². The summed E-state index contributed by atoms with van der Waals surface area (Å²) >= 11 is 0. The number of hydrogen-bond acceptors (Lipinski definition) is 8. The molecule has 3 heterocycles. The fraction of sp³-hybridized carbons (Fsp3) is 0.240. The van der Waals surface area contributed by atoms with E-state index in [1.54, 1.807) is 19.5 Å². The lowest BCUT2D eigenvalue weighted by molar-refractivity contribution is 0.0614. The van der Waals surface area contributed by atoms with Crippen LogP contribution in [0, 0.1) is 0 Å². The van der Waals surface area contributed by atoms with Gasteiger partial charge in [-0.05, 0) is 24.3 Å². The molecule has 1 amide bonds. The van der Waals surface area contributed by atoms with Crippen LogP contribution in [-0.4, -0.2) is 69.1 Å². The smallest absolute Gasteiger partial charge is 0.257 e. The van der Waals surface area contributed by atoms with E-state index in [4.69, 9.17) is 9.26 Å². The van der Waals surface area contributed by atoms with Gasteiger partial charge in [0.05, 0.1) is 19.2 Å². The minimum atomic E-state index is -0.0566. The highest BCUT2D eigenvalue weighted by Crippen LogP contribution is 2.20. The molecule has 5 rings (SSSR count). The molecule has 1 aliphatic rings. The van der Waals surface area contributed by atoms with Crippen LogP contribution in [0.3, 0.4) is 0 Å². The number of hydrogen-bond donors (Lipinski definition) is 0. The fourth-order valence-corrected chi connectivity index (χ4v) is 3.83. The Balaban J connectivity index is 1.15. The second-order valence-electron chi connectivity index (χ2n) is 7.97. The summed E-state index contributed by atoms with van der Waals surface area (Å²) in [5, 5.41) is 4.09. The molecule has 34 heavy (non-hydrogen) atoms. The maximum Gasteiger partial charge on any atom is 0.257 e. The quantitative estimate of drug-likeness (QED) is 0.436. The summed E-state index contributed by atoms with van der Waals surface area (Å²) in [4.78, 5) is 30.2. The minimum absolute atomic E-state index is 0.0566. The van der Waals surface area contributed by atoms with E-state index >= 15 is 0 Å². The van der Waals surface area contributed by atoms with Crippen LogP contribution in [-0.2, 0) is 6.54 Å². The number of piperazine rings is 1. The zero-order valence-electron chi connectivity index (χ0n) is 18.8. The van der Waals surface area contributed by atoms with Gasteiger partial charge in [0.2, 0.25) is 11.7 Å². The molecule has 1 fully saturated rings. The number of methoxy groups -OCH3 is 1. The van der Waals surface area contributed by atoms with Crippen molar-refractivity contribution < 1.29 is 14.1 Å². The molecular formula is C25H24N6O3. The highest BCUT2D eigenvalue weighted by atomic mass is 16.5. The highest BCUT2D eigenvalue weighted by Gasteiger charge is 2.24. The van der Waals surface area contributed by atoms with Crippen LogP contribution in [0.25, 0.3) is 22.8 Å². The number of ether oxygens (including phenoxy) is 1. The topological polar surface area (TPSA) is 97.5 Å². The van der Waals surface area contributed by atoms with Crippen molar-refractivity contribution in [1.82, 2.24) is 29.9 Å². The molecule has 0 saturated carbocycles. The van der Waals surface area contributed by atoms with Crippen LogP contribution in [0.4, 0.5) is 0 Å². The van der Waals surface area contributed by atoms with Crippen LogP contribution in [0.5, 0.6) is 5.75 Å². The Bertz CT molecular complexity index is 1230. The van der Waals surface area contributed by atoms with Crippen molar-refractivity contribution in [1.29, 1.82) is 0 Å². The summed E-state index contributed by atoms with van der Waals surface area (Å²) in [6, 6.07) is 17.2. The average Bonchev–Trinajstić information content (AvgIpc) is 3.38. The second kappa shape index (κ2) is 9.80. The van der Waals surface area contributed by atoms with E-state index in [0.717, 1.165) is 30.0 Å². The molecule has 9 heteroatoms. The first kappa shape index (κ1) is 21.7. The second-order valence-corrected chi connectivity index (χ2v) is 7.97. The standard InChI is InChI=1S/C25H24N6O3/c1-33-21-9-7-19(8-10-21)24-28-22(34-29-24)17-30-11-13-31(14-12-30)25(32)20-15-26-23(27-16-20)18-5-3-2-4-6-18/h2-10,15-16H,11-14,17H2,1H3. The number of benzene rings is 2. The van der Waals surface area contributed by atoms with Crippen LogP contribution in [0.1, 0.15) is 16.2 Å². The van der Waals surface area contributed by atoms with Crippen LogP contribution in [0.2, 0.25) is 0 Å². The molecule has 2 aromatic heterocycles. The van der Waals surface area contributed by atoms with Gasteiger partial charge in [-0.15, -0.1) is 0 Å². The maximum absolute atomic E-state index is 12.9. The number of amides is 1. The van der Waals surface area contributed by atoms with Gasteiger partial charge in [0, 0.05) is 49.7 Å². The molecule has 4 aromatic rings. The summed E-state index contributed by atoms with van der Waals surface area (Å²) in [6.45, 7) is 3.20. The van der Waals surface area contributed by atoms with Crippen molar-refractivity contribution in [2.75, 3.05) is 33.3 Å². The van der Waals surface area contributed by atoms with Crippen molar-refractivity contribution >= 4 is 5.91 Å². The van der Waals surface area contributed by atoms with Gasteiger partial charge in [0.15, 0.2) is 5.82 Å². The summed E-state index contributed by atoms with van der Waals surface area (Å²) in [6.07, 6.45) is 3.20. The molecule has 0 spiro atoms. The van der Waals surface area contributed by atoms with Crippen LogP contribution in [0.15, 0.2) is 71.5 Å². The number of rotatable bonds is 6. The van der Waals surface area contributed by atoms with Crippen molar-refractivity contribution in [3.05, 3.63) is 78.4 Å². The third-order valence-electron chi connectivity index (χ3n) is 5.77. The normalized spacial score (nSPS) is 14.2. The molecule has 0 bridgehead atoms. The van der Waals surface area contributed by atoms with Crippen molar-refractivity contribution in [3.8, 4) is 28.5 Å². The first-order chi connectivity index (χ1) is 16.7. The third kappa shape index (κ3) is 4.79. The van der Waals surface area contributed by atoms with Crippen molar-refractivity contribution in [3.63, 3.8) is 0 Å². The molecule has 1 saturated heterocycles. The minimum Gasteiger partial charge on any atom is -0.497 e. The first-order valence-electron chi connectivity index (χ1n) is 11.1. The predicted octanol–water partition coefficient (Wildman–Crippen LogP) is 3.16. The average molecular weight is 457 g/mol. The number of aromatic nitrogens is 4. The Labute approximate surface area is 197 Å². The molecule has 9 nitrogen and oxygen atoms in total. The molecule has 172 valence electrons. The van der Waals surface area contributed by atoms with Gasteiger partial charge < -0.3 is 14.2 Å². The van der Waals surface area contributed by atoms with E-state index in [1.807, 2.05) is 59.5 Å². The van der Waals surface area contributed by atoms with Gasteiger partial charge in [-0.3, -0.25) is 9.69 Å². The van der Waals surface area contributed by atoms with Gasteiger partial charge in [-0.25, -0.2) is 9.97 Å². The van der Waals surface area contributed by atoms with Gasteiger partial charge >= 0.3 is 0 Å². The van der Waals surface area contributed by atoms with Crippen molar-refractivity contribution in [2.45, 2.75) is 6.54 Å². The largest absolute Gasteiger partial charge is 0.497 e. The van der Waals surface area contributed by atoms with Gasteiger partial charge in [-0.1, -0.05) is 35.5 Å². The van der Waals surface area contributed by atoms with Gasteiger partial charge in [-0.2, -0.15) is 4.98 Å². The zero-order valence-corrected chi connectivity index (χ0v) is 18.8. The summed E-state index contributed by atoms with van der Waals surface area (Å²) in [5.74, 6) is 2.42. The lowest BCUT2D eigenvalue weighted by Crippen LogP contribution is -2.48.